The van der Waals surface area contributed by atoms with Crippen LogP contribution in [0.2, 0.25) is 0 Å². The molecule has 0 spiro atoms. The van der Waals surface area contributed by atoms with Gasteiger partial charge >= 0.3 is 0 Å². The highest BCUT2D eigenvalue weighted by atomic mass is 19.1. The van der Waals surface area contributed by atoms with Crippen LogP contribution in [0.15, 0.2) is 36.4 Å². The molecule has 2 aromatic carbocycles. The number of nitrogens with two attached hydrogens (primary N) is 1. The lowest BCUT2D eigenvalue weighted by Gasteiger charge is -2.14. The molecule has 0 saturated heterocycles. The maximum Gasteiger partial charge on any atom is 0.279 e. The molecule has 2 aromatic rings. The molecule has 4 N–H and O–H groups in total. The topological polar surface area (TPSA) is 84.0 Å². The third kappa shape index (κ3) is 5.75. The van der Waals surface area contributed by atoms with Gasteiger partial charge in [-0.3, -0.25) is 9.59 Å². The normalized spacial score (nSPS) is 11.6. The van der Waals surface area contributed by atoms with Gasteiger partial charge in [-0.2, -0.15) is 0 Å². The number of carbonyl (C=O) groups excluding carboxylic acids is 2. The minimum atomic E-state index is -0.649. The van der Waals surface area contributed by atoms with Crippen LogP contribution >= 0.6 is 0 Å². The van der Waals surface area contributed by atoms with E-state index < -0.39 is 11.6 Å². The first-order valence-corrected chi connectivity index (χ1v) is 8.34. The molecule has 1 atom stereocenters. The first-order valence-electron chi connectivity index (χ1n) is 8.34. The van der Waals surface area contributed by atoms with Gasteiger partial charge in [0.15, 0.2) is 6.54 Å². The maximum absolute atomic E-state index is 13.8. The standard InChI is InChI=1S/C19H21F2N3O3/c1-11(15-6-4-13(20)8-16(15)21)22-10-19(26)24-17-9-14(23-12(2)25)5-7-18(17)27-3/h4-9,11,22H,10H2,1-3H3,(H,23,25)(H,24,26)/p+1/t11-/m1/s1. The average molecular weight is 378 g/mol. The fraction of sp³-hybridized carbons (Fsp3) is 0.263. The molecule has 27 heavy (non-hydrogen) atoms. The molecule has 0 fully saturated rings. The van der Waals surface area contributed by atoms with Crippen LogP contribution in [-0.4, -0.2) is 25.5 Å². The zero-order valence-corrected chi connectivity index (χ0v) is 15.3. The van der Waals surface area contributed by atoms with Crippen molar-refractivity contribution in [2.45, 2.75) is 19.9 Å². The molecule has 2 rings (SSSR count). The van der Waals surface area contributed by atoms with Crippen LogP contribution in [0.5, 0.6) is 5.75 Å². The van der Waals surface area contributed by atoms with E-state index in [2.05, 4.69) is 10.6 Å². The second kappa shape index (κ2) is 9.09. The summed E-state index contributed by atoms with van der Waals surface area (Å²) in [5.74, 6) is -1.42. The van der Waals surface area contributed by atoms with Crippen LogP contribution in [0.25, 0.3) is 0 Å². The van der Waals surface area contributed by atoms with Crippen molar-refractivity contribution in [2.75, 3.05) is 24.3 Å². The second-order valence-electron chi connectivity index (χ2n) is 6.04. The van der Waals surface area contributed by atoms with E-state index in [1.54, 1.807) is 30.4 Å². The van der Waals surface area contributed by atoms with E-state index in [-0.39, 0.29) is 24.4 Å². The third-order valence-electron chi connectivity index (χ3n) is 3.90. The van der Waals surface area contributed by atoms with E-state index in [0.717, 1.165) is 6.07 Å². The summed E-state index contributed by atoms with van der Waals surface area (Å²) in [4.78, 5) is 23.4. The molecule has 144 valence electrons. The maximum atomic E-state index is 13.8. The van der Waals surface area contributed by atoms with E-state index in [9.17, 15) is 18.4 Å². The zero-order chi connectivity index (χ0) is 20.0. The van der Waals surface area contributed by atoms with Crippen LogP contribution in [-0.2, 0) is 9.59 Å². The highest BCUT2D eigenvalue weighted by Gasteiger charge is 2.17. The third-order valence-corrected chi connectivity index (χ3v) is 3.90. The van der Waals surface area contributed by atoms with Crippen molar-refractivity contribution in [1.82, 2.24) is 0 Å². The van der Waals surface area contributed by atoms with Gasteiger partial charge in [-0.25, -0.2) is 8.78 Å². The summed E-state index contributed by atoms with van der Waals surface area (Å²) in [7, 11) is 1.47. The van der Waals surface area contributed by atoms with E-state index >= 15 is 0 Å². The number of rotatable bonds is 7. The fourth-order valence-corrected chi connectivity index (χ4v) is 2.57. The molecular formula is C19H22F2N3O3+. The molecular weight excluding hydrogens is 356 g/mol. The van der Waals surface area contributed by atoms with Gasteiger partial charge in [-0.05, 0) is 37.3 Å². The van der Waals surface area contributed by atoms with Gasteiger partial charge in [0.2, 0.25) is 5.91 Å². The van der Waals surface area contributed by atoms with E-state index in [1.165, 1.54) is 26.2 Å². The molecule has 0 aliphatic heterocycles. The number of amides is 2. The van der Waals surface area contributed by atoms with Crippen LogP contribution in [0.1, 0.15) is 25.5 Å². The Kier molecular flexibility index (Phi) is 6.84. The van der Waals surface area contributed by atoms with Crippen LogP contribution in [0.3, 0.4) is 0 Å². The lowest BCUT2D eigenvalue weighted by molar-refractivity contribution is -0.682. The average Bonchev–Trinajstić information content (AvgIpc) is 2.59. The minimum Gasteiger partial charge on any atom is -0.495 e. The highest BCUT2D eigenvalue weighted by Crippen LogP contribution is 2.27. The molecule has 0 saturated carbocycles. The summed E-state index contributed by atoms with van der Waals surface area (Å²) < 4.78 is 32.0. The number of methoxy groups -OCH3 is 1. The van der Waals surface area contributed by atoms with Crippen molar-refractivity contribution in [1.29, 1.82) is 0 Å². The van der Waals surface area contributed by atoms with Crippen molar-refractivity contribution in [3.63, 3.8) is 0 Å². The van der Waals surface area contributed by atoms with E-state index in [1.807, 2.05) is 0 Å². The summed E-state index contributed by atoms with van der Waals surface area (Å²) in [5, 5.41) is 6.97. The molecule has 0 aliphatic carbocycles. The number of hydrogen-bond donors (Lipinski definition) is 3. The first-order chi connectivity index (χ1) is 12.8. The summed E-state index contributed by atoms with van der Waals surface area (Å²) in [6, 6.07) is 7.86. The number of ether oxygens (including phenoxy) is 1. The molecule has 0 bridgehead atoms. The quantitative estimate of drug-likeness (QED) is 0.691. The number of quaternary nitrogens is 1. The predicted octanol–water partition coefficient (Wildman–Crippen LogP) is 2.19. The van der Waals surface area contributed by atoms with Crippen molar-refractivity contribution in [3.8, 4) is 5.75 Å². The van der Waals surface area contributed by atoms with E-state index in [0.29, 0.717) is 22.7 Å². The number of benzene rings is 2. The summed E-state index contributed by atoms with van der Waals surface area (Å²) >= 11 is 0. The molecule has 0 unspecified atom stereocenters. The monoisotopic (exact) mass is 378 g/mol. The van der Waals surface area contributed by atoms with Gasteiger partial charge in [-0.1, -0.05) is 0 Å². The van der Waals surface area contributed by atoms with Crippen molar-refractivity contribution < 1.29 is 28.4 Å². The molecule has 0 radical (unpaired) electrons. The second-order valence-corrected chi connectivity index (χ2v) is 6.04. The molecule has 8 heteroatoms. The van der Waals surface area contributed by atoms with Crippen LogP contribution in [0, 0.1) is 11.6 Å². The Labute approximate surface area is 155 Å². The number of halogens is 2. The van der Waals surface area contributed by atoms with Crippen LogP contribution in [0.4, 0.5) is 20.2 Å². The van der Waals surface area contributed by atoms with Crippen molar-refractivity contribution in [2.24, 2.45) is 0 Å². The number of hydrogen-bond acceptors (Lipinski definition) is 3. The Morgan fingerprint density at radius 1 is 1.15 bits per heavy atom. The van der Waals surface area contributed by atoms with Gasteiger partial charge in [0, 0.05) is 24.2 Å². The fourth-order valence-electron chi connectivity index (χ4n) is 2.57. The van der Waals surface area contributed by atoms with Crippen LogP contribution < -0.4 is 20.7 Å². The van der Waals surface area contributed by atoms with E-state index in [4.69, 9.17) is 4.74 Å². The van der Waals surface area contributed by atoms with Gasteiger partial charge in [0.1, 0.15) is 23.4 Å². The lowest BCUT2D eigenvalue weighted by atomic mass is 10.1. The smallest absolute Gasteiger partial charge is 0.279 e. The van der Waals surface area contributed by atoms with Gasteiger partial charge < -0.3 is 20.7 Å². The largest absolute Gasteiger partial charge is 0.495 e. The van der Waals surface area contributed by atoms with Crippen molar-refractivity contribution >= 4 is 23.2 Å². The predicted molar refractivity (Wildman–Crippen MR) is 97.5 cm³/mol. The SMILES string of the molecule is COc1ccc(NC(C)=O)cc1NC(=O)C[NH2+][C@H](C)c1ccc(F)cc1F. The Morgan fingerprint density at radius 2 is 1.89 bits per heavy atom. The number of anilines is 2. The number of nitrogens with one attached hydrogen (secondary N) is 2. The summed E-state index contributed by atoms with van der Waals surface area (Å²) in [5.41, 5.74) is 1.24. The molecule has 6 nitrogen and oxygen atoms in total. The van der Waals surface area contributed by atoms with Crippen molar-refractivity contribution in [3.05, 3.63) is 53.6 Å². The minimum absolute atomic E-state index is 0.0193. The van der Waals surface area contributed by atoms with Gasteiger partial charge in [-0.15, -0.1) is 0 Å². The Hall–Kier alpha value is -3.00. The molecule has 0 aliphatic rings. The van der Waals surface area contributed by atoms with Gasteiger partial charge in [0.25, 0.3) is 5.91 Å². The lowest BCUT2D eigenvalue weighted by Crippen LogP contribution is -2.86. The Morgan fingerprint density at radius 3 is 2.52 bits per heavy atom. The Balaban J connectivity index is 2.01. The van der Waals surface area contributed by atoms with Gasteiger partial charge in [0.05, 0.1) is 12.8 Å². The number of carbonyl (C=O) groups is 2. The molecule has 2 amide bonds. The summed E-state index contributed by atoms with van der Waals surface area (Å²) in [6.07, 6.45) is 0. The zero-order valence-electron chi connectivity index (χ0n) is 15.3. The highest BCUT2D eigenvalue weighted by molar-refractivity contribution is 5.95. The first kappa shape index (κ1) is 20.3. The Bertz CT molecular complexity index is 843. The summed E-state index contributed by atoms with van der Waals surface area (Å²) in [6.45, 7) is 3.13. The molecule has 0 aromatic heterocycles. The molecule has 0 heterocycles.